The maximum Gasteiger partial charge on any atom is 0.498 e. The van der Waals surface area contributed by atoms with Gasteiger partial charge in [0.25, 0.3) is 11.8 Å². The van der Waals surface area contributed by atoms with Crippen molar-refractivity contribution >= 4 is 40.3 Å². The maximum absolute atomic E-state index is 14.0. The highest BCUT2D eigenvalue weighted by molar-refractivity contribution is 9.10. The summed E-state index contributed by atoms with van der Waals surface area (Å²) in [6.45, 7) is 18.3. The molecule has 0 aliphatic carbocycles. The Morgan fingerprint density at radius 3 is 1.76 bits per heavy atom. The molecule has 1 N–H and O–H groups in total. The van der Waals surface area contributed by atoms with Crippen LogP contribution in [0.1, 0.15) is 124 Å². The minimum atomic E-state index is -0.696. The first-order valence-electron chi connectivity index (χ1n) is 27.1. The highest BCUT2D eigenvalue weighted by atomic mass is 79.9. The molecular formula is C60H66BBrF4N8O10. The first kappa shape index (κ1) is 61.2. The molecular weight excluding hydrogens is 1160 g/mol. The van der Waals surface area contributed by atoms with Crippen LogP contribution < -0.4 is 21.1 Å². The van der Waals surface area contributed by atoms with Crippen molar-refractivity contribution in [3.05, 3.63) is 179 Å². The number of aromatic hydroxyl groups is 1. The third-order valence-corrected chi connectivity index (χ3v) is 16.5. The molecule has 1 fully saturated rings. The number of carbonyl (C=O) groups excluding carboxylic acids is 2. The van der Waals surface area contributed by atoms with E-state index < -0.39 is 58.7 Å². The zero-order valence-corrected chi connectivity index (χ0v) is 48.6. The second-order valence-electron chi connectivity index (χ2n) is 22.5. The Kier molecular flexibility index (Phi) is 17.7. The van der Waals surface area contributed by atoms with Gasteiger partial charge in [-0.05, 0) is 89.0 Å². The normalized spacial score (nSPS) is 18.2. The lowest BCUT2D eigenvalue weighted by molar-refractivity contribution is 0.00578. The van der Waals surface area contributed by atoms with Gasteiger partial charge in [-0.25, -0.2) is 17.6 Å². The lowest BCUT2D eigenvalue weighted by Crippen LogP contribution is -2.51. The number of hydrogen-bond donors (Lipinski definition) is 1. The number of ether oxygens (including phenoxy) is 3. The van der Waals surface area contributed by atoms with Gasteiger partial charge in [0.15, 0.2) is 22.9 Å². The summed E-state index contributed by atoms with van der Waals surface area (Å²) in [7, 11) is -0.508. The number of pyridine rings is 2. The summed E-state index contributed by atoms with van der Waals surface area (Å²) in [4.78, 5) is 55.9. The molecule has 24 heteroatoms. The van der Waals surface area contributed by atoms with Gasteiger partial charge in [0.2, 0.25) is 10.9 Å². The smallest absolute Gasteiger partial charge is 0.498 e. The average Bonchev–Trinajstić information content (AvgIpc) is 0.955. The molecule has 5 aliphatic heterocycles. The Hall–Kier alpha value is -7.38. The maximum atomic E-state index is 14.0. The van der Waals surface area contributed by atoms with Crippen LogP contribution in [0.5, 0.6) is 11.5 Å². The molecule has 2 atom stereocenters. The molecule has 3 aromatic carbocycles. The summed E-state index contributed by atoms with van der Waals surface area (Å²) in [6.07, 6.45) is 6.39. The molecule has 0 bridgehead atoms. The van der Waals surface area contributed by atoms with Crippen LogP contribution in [-0.2, 0) is 51.7 Å². The fourth-order valence-electron chi connectivity index (χ4n) is 10.6. The van der Waals surface area contributed by atoms with E-state index in [2.05, 4.69) is 26.1 Å². The second-order valence-corrected chi connectivity index (χ2v) is 23.3. The first-order valence-corrected chi connectivity index (χ1v) is 27.9. The number of hydrogen-bond acceptors (Lipinski definition) is 12. The average molecular weight is 1230 g/mol. The Morgan fingerprint density at radius 2 is 1.21 bits per heavy atom. The van der Waals surface area contributed by atoms with Crippen LogP contribution in [0.25, 0.3) is 11.1 Å². The van der Waals surface area contributed by atoms with Crippen molar-refractivity contribution in [3.8, 4) is 22.6 Å². The predicted molar refractivity (Wildman–Crippen MR) is 308 cm³/mol. The Morgan fingerprint density at radius 1 is 0.702 bits per heavy atom. The minimum Gasteiger partial charge on any atom is -0.503 e. The first-order chi connectivity index (χ1) is 39.4. The van der Waals surface area contributed by atoms with Crippen LogP contribution in [0.2, 0.25) is 0 Å². The second kappa shape index (κ2) is 24.3. The zero-order valence-electron chi connectivity index (χ0n) is 47.0. The summed E-state index contributed by atoms with van der Waals surface area (Å²) in [5.74, 6) is -3.61. The van der Waals surface area contributed by atoms with E-state index in [0.717, 1.165) is 29.2 Å². The SMILES string of the molecule is C.CC(C)N1C[C@@H]2COCc3c(-c4cnn(Cc5ccc(F)cc5F)c4)c(=O)c(O)c(n32)C1=O.CC(C)N1C[C@@H]2COCc3c(Br)c(=O)c(OCc4ccccc4)c(n32)C1=O.CC1(C)OB(c2cnn(Cc3ccc(F)cc3F)c2)OC1(C)C. The standard InChI is InChI=1S/C23H22F2N4O4.C20H21BrN2O4.C16H19BF2N2O2.CH4/c1-12(2)28-9-16-10-33-11-18-19(21(30)22(31)20(23(28)32)29(16)18)14-6-26-27(8-14)7-13-3-4-15(24)5-17(13)25;1-12(2)22-8-14-10-26-11-15-16(21)18(24)19(17(20(22)25)23(14)15)27-9-13-6-4-3-5-7-13;1-15(2)16(3,4)23-17(22-15)12-8-20-21(10-12)9-11-5-6-13(18)7-14(11)19;/h3-6,8,12,16,31H,7,9-11H2,1-2H3;3-7,12,14H,8-11H2,1-2H3;5-8,10H,9H2,1-4H3;1H4/t16-;14-;;/m11../s1. The lowest BCUT2D eigenvalue weighted by atomic mass is 9.82. The van der Waals surface area contributed by atoms with Crippen LogP contribution in [0.4, 0.5) is 17.6 Å². The predicted octanol–water partition coefficient (Wildman–Crippen LogP) is 8.95. The highest BCUT2D eigenvalue weighted by Gasteiger charge is 2.52. The summed E-state index contributed by atoms with van der Waals surface area (Å²) in [5, 5.41) is 19.2. The Bertz CT molecular complexity index is 3740. The molecule has 9 heterocycles. The molecule has 4 aromatic heterocycles. The summed E-state index contributed by atoms with van der Waals surface area (Å²) < 4.78 is 90.2. The molecule has 0 saturated carbocycles. The van der Waals surface area contributed by atoms with Crippen LogP contribution in [0.15, 0.2) is 106 Å². The van der Waals surface area contributed by atoms with Crippen LogP contribution in [-0.4, -0.2) is 112 Å². The van der Waals surface area contributed by atoms with E-state index in [0.29, 0.717) is 65.6 Å². The van der Waals surface area contributed by atoms with Gasteiger partial charge >= 0.3 is 7.12 Å². The third-order valence-electron chi connectivity index (χ3n) is 15.7. The molecule has 1 saturated heterocycles. The molecule has 84 heavy (non-hydrogen) atoms. The Balaban J connectivity index is 0.000000153. The van der Waals surface area contributed by atoms with E-state index in [-0.39, 0.29) is 91.8 Å². The topological polar surface area (TPSA) is 187 Å². The highest BCUT2D eigenvalue weighted by Crippen LogP contribution is 2.39. The van der Waals surface area contributed by atoms with Crippen LogP contribution in [0, 0.1) is 23.3 Å². The van der Waals surface area contributed by atoms with Gasteiger partial charge in [-0.3, -0.25) is 28.5 Å². The molecule has 5 aliphatic rings. The third kappa shape index (κ3) is 11.9. The monoisotopic (exact) mass is 1220 g/mol. The number of benzene rings is 3. The molecule has 0 unspecified atom stereocenters. The van der Waals surface area contributed by atoms with Crippen LogP contribution >= 0.6 is 15.9 Å². The lowest BCUT2D eigenvalue weighted by Gasteiger charge is -2.42. The Labute approximate surface area is 491 Å². The largest absolute Gasteiger partial charge is 0.503 e. The quantitative estimate of drug-likeness (QED) is 0.0959. The van der Waals surface area contributed by atoms with Gasteiger partial charge in [-0.1, -0.05) is 49.9 Å². The number of nitrogens with zero attached hydrogens (tertiary/aromatic N) is 8. The summed E-state index contributed by atoms with van der Waals surface area (Å²) in [5.41, 5.74) is 2.57. The molecule has 12 rings (SSSR count). The molecule has 7 aromatic rings. The number of rotatable bonds is 11. The van der Waals surface area contributed by atoms with Crippen LogP contribution in [0.3, 0.4) is 0 Å². The van der Waals surface area contributed by atoms with Gasteiger partial charge in [0, 0.05) is 78.0 Å². The van der Waals surface area contributed by atoms with Crippen molar-refractivity contribution in [2.75, 3.05) is 26.3 Å². The van der Waals surface area contributed by atoms with Crippen molar-refractivity contribution in [1.82, 2.24) is 38.5 Å². The van der Waals surface area contributed by atoms with E-state index >= 15 is 0 Å². The van der Waals surface area contributed by atoms with E-state index in [1.807, 2.05) is 90.3 Å². The van der Waals surface area contributed by atoms with E-state index in [4.69, 9.17) is 23.5 Å². The number of amides is 2. The number of halogens is 5. The molecule has 0 spiro atoms. The van der Waals surface area contributed by atoms with E-state index in [9.17, 15) is 41.8 Å². The van der Waals surface area contributed by atoms with Gasteiger partial charge < -0.3 is 47.6 Å². The fraction of sp³-hybridized carbons (Fsp3) is 0.400. The van der Waals surface area contributed by atoms with E-state index in [1.165, 1.54) is 29.1 Å². The molecule has 2 amide bonds. The van der Waals surface area contributed by atoms with Crippen molar-refractivity contribution in [1.29, 1.82) is 0 Å². The molecule has 444 valence electrons. The fourth-order valence-corrected chi connectivity index (χ4v) is 11.1. The minimum absolute atomic E-state index is 0. The number of aromatic nitrogens is 6. The summed E-state index contributed by atoms with van der Waals surface area (Å²) >= 11 is 3.40. The van der Waals surface area contributed by atoms with Gasteiger partial charge in [0.05, 0.1) is 90.4 Å². The van der Waals surface area contributed by atoms with Crippen molar-refractivity contribution in [2.45, 2.75) is 131 Å². The number of carbonyl (C=O) groups is 2. The van der Waals surface area contributed by atoms with Crippen molar-refractivity contribution < 1.29 is 55.8 Å². The van der Waals surface area contributed by atoms with E-state index in [1.54, 1.807) is 37.6 Å². The molecule has 0 radical (unpaired) electrons. The van der Waals surface area contributed by atoms with Crippen molar-refractivity contribution in [3.63, 3.8) is 0 Å². The van der Waals surface area contributed by atoms with Crippen molar-refractivity contribution in [2.24, 2.45) is 0 Å². The summed E-state index contributed by atoms with van der Waals surface area (Å²) in [6, 6.07) is 16.1. The van der Waals surface area contributed by atoms with Gasteiger partial charge in [-0.15, -0.1) is 0 Å². The van der Waals surface area contributed by atoms with Gasteiger partial charge in [0.1, 0.15) is 29.9 Å². The molecule has 18 nitrogen and oxygen atoms in total. The van der Waals surface area contributed by atoms with Gasteiger partial charge in [-0.2, -0.15) is 10.2 Å². The zero-order chi connectivity index (χ0) is 59.4.